The van der Waals surface area contributed by atoms with Crippen LogP contribution in [0.5, 0.6) is 6.01 Å². The Hall–Kier alpha value is -2.68. The van der Waals surface area contributed by atoms with Gasteiger partial charge in [-0.2, -0.15) is 15.2 Å². The van der Waals surface area contributed by atoms with Gasteiger partial charge in [0, 0.05) is 37.3 Å². The lowest BCUT2D eigenvalue weighted by atomic mass is 9.95. The van der Waals surface area contributed by atoms with Gasteiger partial charge in [0.05, 0.1) is 30.8 Å². The number of amides is 1. The van der Waals surface area contributed by atoms with Crippen molar-refractivity contribution in [1.82, 2.24) is 25.1 Å². The van der Waals surface area contributed by atoms with Crippen molar-refractivity contribution in [3.8, 4) is 12.1 Å². The predicted octanol–water partition coefficient (Wildman–Crippen LogP) is 2.44. The minimum atomic E-state index is -0.591. The molecule has 0 spiro atoms. The molecule has 11 nitrogen and oxygen atoms in total. The molecule has 0 bridgehead atoms. The van der Waals surface area contributed by atoms with Crippen molar-refractivity contribution in [1.29, 1.82) is 5.26 Å². The van der Waals surface area contributed by atoms with E-state index >= 15 is 0 Å². The van der Waals surface area contributed by atoms with E-state index < -0.39 is 5.60 Å². The molecule has 1 N–H and O–H groups in total. The highest BCUT2D eigenvalue weighted by atomic mass is 16.7. The van der Waals surface area contributed by atoms with Crippen LogP contribution in [0.2, 0.25) is 0 Å². The molecule has 0 unspecified atom stereocenters. The maximum Gasteiger partial charge on any atom is 0.410 e. The van der Waals surface area contributed by atoms with Crippen LogP contribution in [0.1, 0.15) is 64.1 Å². The molecule has 0 radical (unpaired) electrons. The summed E-state index contributed by atoms with van der Waals surface area (Å²) in [5.41, 5.74) is 1.62. The van der Waals surface area contributed by atoms with Crippen LogP contribution >= 0.6 is 0 Å². The Kier molecular flexibility index (Phi) is 7.93. The number of anilines is 1. The number of nitriles is 1. The number of hydrogen-bond donors (Lipinski definition) is 1. The summed E-state index contributed by atoms with van der Waals surface area (Å²) in [7, 11) is 0. The molecule has 0 aliphatic carbocycles. The van der Waals surface area contributed by atoms with E-state index in [2.05, 4.69) is 21.2 Å². The van der Waals surface area contributed by atoms with Gasteiger partial charge in [-0.05, 0) is 72.5 Å². The summed E-state index contributed by atoms with van der Waals surface area (Å²) in [4.78, 5) is 28.8. The number of ether oxygens (including phenoxy) is 3. The van der Waals surface area contributed by atoms with E-state index in [1.54, 1.807) is 4.90 Å². The molecule has 0 saturated carbocycles. The molecule has 4 aliphatic rings. The van der Waals surface area contributed by atoms with Crippen molar-refractivity contribution in [3.05, 3.63) is 11.3 Å². The number of rotatable bonds is 7. The second-order valence-corrected chi connectivity index (χ2v) is 11.8. The maximum absolute atomic E-state index is 12.8. The van der Waals surface area contributed by atoms with Crippen LogP contribution in [0.3, 0.4) is 0 Å². The fourth-order valence-corrected chi connectivity index (χ4v) is 6.32. The van der Waals surface area contributed by atoms with Gasteiger partial charge in [0.25, 0.3) is 0 Å². The van der Waals surface area contributed by atoms with Crippen molar-refractivity contribution in [3.63, 3.8) is 0 Å². The molecule has 3 saturated heterocycles. The molecular weight excluding hydrogens is 486 g/mol. The van der Waals surface area contributed by atoms with Crippen LogP contribution < -0.4 is 15.0 Å². The van der Waals surface area contributed by atoms with E-state index in [1.807, 2.05) is 20.8 Å². The fourth-order valence-electron chi connectivity index (χ4n) is 6.32. The van der Waals surface area contributed by atoms with E-state index in [1.165, 1.54) is 38.8 Å². The maximum atomic E-state index is 12.8. The smallest absolute Gasteiger partial charge is 0.410 e. The first-order valence-corrected chi connectivity index (χ1v) is 14.0. The Morgan fingerprint density at radius 1 is 1.18 bits per heavy atom. The highest BCUT2D eigenvalue weighted by molar-refractivity contribution is 5.69. The predicted molar refractivity (Wildman–Crippen MR) is 141 cm³/mol. The molecule has 38 heavy (non-hydrogen) atoms. The summed E-state index contributed by atoms with van der Waals surface area (Å²) in [6.07, 6.45) is 5.52. The van der Waals surface area contributed by atoms with E-state index in [4.69, 9.17) is 24.2 Å². The monoisotopic (exact) mass is 527 g/mol. The second kappa shape index (κ2) is 11.2. The summed E-state index contributed by atoms with van der Waals surface area (Å²) in [5, 5.41) is 12.9. The SMILES string of the molecule is CC(C)(C)OC(=O)N1CCN(c2nc(OCOCC34CCCN3CCC4)nc3c2CCNC3)C[C@@H]1CC#N. The van der Waals surface area contributed by atoms with Crippen LogP contribution in [-0.2, 0) is 22.4 Å². The lowest BCUT2D eigenvalue weighted by Crippen LogP contribution is -2.56. The molecule has 1 atom stereocenters. The summed E-state index contributed by atoms with van der Waals surface area (Å²) >= 11 is 0. The summed E-state index contributed by atoms with van der Waals surface area (Å²) < 4.78 is 17.6. The Bertz CT molecular complexity index is 1040. The average Bonchev–Trinajstić information content (AvgIpc) is 3.46. The zero-order valence-electron chi connectivity index (χ0n) is 23.0. The molecule has 0 aromatic carbocycles. The topological polar surface area (TPSA) is 116 Å². The third-order valence-electron chi connectivity index (χ3n) is 8.09. The number of hydrogen-bond acceptors (Lipinski definition) is 10. The Balaban J connectivity index is 1.27. The molecule has 3 fully saturated rings. The van der Waals surface area contributed by atoms with Crippen LogP contribution in [0, 0.1) is 11.3 Å². The quantitative estimate of drug-likeness (QED) is 0.419. The Morgan fingerprint density at radius 2 is 1.97 bits per heavy atom. The molecular formula is C27H41N7O4. The summed E-state index contributed by atoms with van der Waals surface area (Å²) in [6.45, 7) is 11.7. The minimum absolute atomic E-state index is 0.116. The Labute approximate surface area is 225 Å². The van der Waals surface area contributed by atoms with Crippen LogP contribution in [0.4, 0.5) is 10.6 Å². The molecule has 1 amide bonds. The second-order valence-electron chi connectivity index (χ2n) is 11.8. The number of nitrogens with one attached hydrogen (secondary N) is 1. The average molecular weight is 528 g/mol. The minimum Gasteiger partial charge on any atom is -0.444 e. The first kappa shape index (κ1) is 26.9. The molecule has 1 aromatic heterocycles. The third-order valence-corrected chi connectivity index (χ3v) is 8.09. The van der Waals surface area contributed by atoms with Gasteiger partial charge in [-0.1, -0.05) is 0 Å². The van der Waals surface area contributed by atoms with Gasteiger partial charge in [0.15, 0.2) is 6.79 Å². The normalized spacial score (nSPS) is 23.1. The first-order valence-electron chi connectivity index (χ1n) is 14.0. The molecule has 4 aliphatic heterocycles. The molecule has 5 heterocycles. The van der Waals surface area contributed by atoms with Crippen molar-refractivity contribution in [2.24, 2.45) is 0 Å². The lowest BCUT2D eigenvalue weighted by Gasteiger charge is -2.42. The zero-order chi connectivity index (χ0) is 26.8. The number of nitrogens with zero attached hydrogens (tertiary/aromatic N) is 6. The van der Waals surface area contributed by atoms with Gasteiger partial charge in [-0.3, -0.25) is 4.90 Å². The molecule has 208 valence electrons. The number of carbonyl (C=O) groups is 1. The third kappa shape index (κ3) is 5.82. The van der Waals surface area contributed by atoms with E-state index in [0.717, 1.165) is 30.0 Å². The van der Waals surface area contributed by atoms with Gasteiger partial charge >= 0.3 is 12.1 Å². The van der Waals surface area contributed by atoms with Crippen molar-refractivity contribution >= 4 is 11.9 Å². The molecule has 1 aromatic rings. The van der Waals surface area contributed by atoms with Gasteiger partial charge in [0.2, 0.25) is 0 Å². The van der Waals surface area contributed by atoms with Crippen LogP contribution in [0.25, 0.3) is 0 Å². The van der Waals surface area contributed by atoms with Crippen LogP contribution in [0.15, 0.2) is 0 Å². The van der Waals surface area contributed by atoms with Gasteiger partial charge in [-0.15, -0.1) is 0 Å². The van der Waals surface area contributed by atoms with Crippen molar-refractivity contribution in [2.45, 2.75) is 83.0 Å². The number of piperazine rings is 1. The van der Waals surface area contributed by atoms with Gasteiger partial charge in [0.1, 0.15) is 11.4 Å². The van der Waals surface area contributed by atoms with Gasteiger partial charge in [-0.25, -0.2) is 4.79 Å². The fraction of sp³-hybridized carbons (Fsp3) is 0.778. The largest absolute Gasteiger partial charge is 0.444 e. The van der Waals surface area contributed by atoms with Crippen molar-refractivity contribution < 1.29 is 19.0 Å². The van der Waals surface area contributed by atoms with E-state index in [9.17, 15) is 10.1 Å². The number of fused-ring (bicyclic) bond motifs is 2. The highest BCUT2D eigenvalue weighted by Gasteiger charge is 2.44. The molecule has 11 heteroatoms. The van der Waals surface area contributed by atoms with Gasteiger partial charge < -0.3 is 29.3 Å². The number of carbonyl (C=O) groups excluding carboxylic acids is 1. The summed E-state index contributed by atoms with van der Waals surface area (Å²) in [5.74, 6) is 0.828. The highest BCUT2D eigenvalue weighted by Crippen LogP contribution is 2.39. The number of aromatic nitrogens is 2. The first-order chi connectivity index (χ1) is 18.3. The molecule has 5 rings (SSSR count). The lowest BCUT2D eigenvalue weighted by molar-refractivity contribution is -0.0359. The van der Waals surface area contributed by atoms with Crippen molar-refractivity contribution in [2.75, 3.05) is 57.6 Å². The van der Waals surface area contributed by atoms with E-state index in [0.29, 0.717) is 38.8 Å². The van der Waals surface area contributed by atoms with E-state index in [-0.39, 0.29) is 30.9 Å². The standard InChI is InChI=1S/C27H41N7O4/c1-26(2,3)38-25(35)34-15-14-32(17-20(34)6-10-28)23-21-7-11-29-16-22(21)30-24(31-23)37-19-36-18-27-8-4-12-33(27)13-5-9-27/h20,29H,4-9,11-19H2,1-3H3/t20-/m0/s1. The van der Waals surface area contributed by atoms with Crippen LogP contribution in [-0.4, -0.2) is 95.7 Å². The summed E-state index contributed by atoms with van der Waals surface area (Å²) in [6, 6.07) is 2.26. The Morgan fingerprint density at radius 3 is 2.71 bits per heavy atom. The zero-order valence-corrected chi connectivity index (χ0v) is 23.0.